The van der Waals surface area contributed by atoms with E-state index in [0.717, 1.165) is 10.3 Å². The average molecular weight is 232 g/mol. The van der Waals surface area contributed by atoms with Gasteiger partial charge in [-0.15, -0.1) is 0 Å². The molecule has 1 unspecified atom stereocenters. The van der Waals surface area contributed by atoms with Crippen molar-refractivity contribution in [1.29, 1.82) is 0 Å². The van der Waals surface area contributed by atoms with Gasteiger partial charge in [0.25, 0.3) is 0 Å². The highest BCUT2D eigenvalue weighted by Gasteiger charge is 2.03. The zero-order valence-corrected chi connectivity index (χ0v) is 8.28. The van der Waals surface area contributed by atoms with Crippen LogP contribution in [0.1, 0.15) is 5.69 Å². The second-order valence-electron chi connectivity index (χ2n) is 2.35. The summed E-state index contributed by atoms with van der Waals surface area (Å²) >= 11 is 3.24. The van der Waals surface area contributed by atoms with E-state index in [1.807, 2.05) is 18.2 Å². The maximum atomic E-state index is 9.12. The molecule has 1 N–H and O–H groups in total. The number of pyridine rings is 1. The fraction of sp³-hybridized carbons (Fsp3) is 0.375. The Bertz CT molecular complexity index is 255. The molecule has 0 aromatic carbocycles. The molecule has 1 aromatic heterocycles. The van der Waals surface area contributed by atoms with E-state index in [4.69, 9.17) is 9.84 Å². The molecule has 3 nitrogen and oxygen atoms in total. The molecule has 0 aliphatic heterocycles. The normalized spacial score (nSPS) is 12.9. The second kappa shape index (κ2) is 4.54. The second-order valence-corrected chi connectivity index (χ2v) is 3.16. The van der Waals surface area contributed by atoms with Gasteiger partial charge in [0, 0.05) is 19.2 Å². The maximum Gasteiger partial charge on any atom is 0.159 e. The lowest BCUT2D eigenvalue weighted by Crippen LogP contribution is -2.13. The lowest BCUT2D eigenvalue weighted by molar-refractivity contribution is -0.0726. The zero-order valence-electron chi connectivity index (χ0n) is 6.70. The summed E-state index contributed by atoms with van der Waals surface area (Å²) < 4.78 is 5.46. The third-order valence-corrected chi connectivity index (χ3v) is 1.87. The Morgan fingerprint density at radius 3 is 3.00 bits per heavy atom. The molecule has 0 amide bonds. The van der Waals surface area contributed by atoms with Gasteiger partial charge in [-0.25, -0.2) is 4.98 Å². The van der Waals surface area contributed by atoms with Crippen molar-refractivity contribution in [3.05, 3.63) is 28.5 Å². The van der Waals surface area contributed by atoms with Crippen molar-refractivity contribution in [3.63, 3.8) is 0 Å². The predicted octanol–water partition coefficient (Wildman–Crippen LogP) is 1.35. The molecule has 0 fully saturated rings. The third-order valence-electron chi connectivity index (χ3n) is 1.43. The first-order valence-corrected chi connectivity index (χ1v) is 4.34. The molecule has 1 atom stereocenters. The topological polar surface area (TPSA) is 42.4 Å². The van der Waals surface area contributed by atoms with Crippen LogP contribution in [0.25, 0.3) is 0 Å². The fourth-order valence-electron chi connectivity index (χ4n) is 0.826. The van der Waals surface area contributed by atoms with Crippen LogP contribution in [0.4, 0.5) is 0 Å². The van der Waals surface area contributed by atoms with Gasteiger partial charge in [0.2, 0.25) is 0 Å². The van der Waals surface area contributed by atoms with Gasteiger partial charge in [-0.2, -0.15) is 0 Å². The smallest absolute Gasteiger partial charge is 0.159 e. The van der Waals surface area contributed by atoms with Crippen LogP contribution in [-0.2, 0) is 11.2 Å². The number of aliphatic hydroxyl groups excluding tert-OH is 1. The zero-order chi connectivity index (χ0) is 8.97. The number of hydrogen-bond donors (Lipinski definition) is 1. The minimum absolute atomic E-state index is 0.413. The first kappa shape index (κ1) is 9.64. The quantitative estimate of drug-likeness (QED) is 0.631. The van der Waals surface area contributed by atoms with Gasteiger partial charge in [-0.3, -0.25) is 0 Å². The molecule has 12 heavy (non-hydrogen) atoms. The van der Waals surface area contributed by atoms with Gasteiger partial charge in [-0.05, 0) is 28.1 Å². The number of nitrogens with zero attached hydrogens (tertiary/aromatic N) is 1. The van der Waals surface area contributed by atoms with Crippen molar-refractivity contribution < 1.29 is 9.84 Å². The summed E-state index contributed by atoms with van der Waals surface area (Å²) in [4.78, 5) is 4.14. The highest BCUT2D eigenvalue weighted by Crippen LogP contribution is 2.07. The van der Waals surface area contributed by atoms with Gasteiger partial charge >= 0.3 is 0 Å². The summed E-state index contributed by atoms with van der Waals surface area (Å²) in [5.74, 6) is 0. The SMILES string of the molecule is COC(O)Cc1cccc(Br)n1. The van der Waals surface area contributed by atoms with Crippen molar-refractivity contribution in [3.8, 4) is 0 Å². The van der Waals surface area contributed by atoms with E-state index >= 15 is 0 Å². The monoisotopic (exact) mass is 231 g/mol. The van der Waals surface area contributed by atoms with Crippen molar-refractivity contribution in [2.75, 3.05) is 7.11 Å². The molecule has 1 rings (SSSR count). The Labute approximate surface area is 79.5 Å². The van der Waals surface area contributed by atoms with E-state index in [1.54, 1.807) is 0 Å². The maximum absolute atomic E-state index is 9.12. The van der Waals surface area contributed by atoms with Gasteiger partial charge in [-0.1, -0.05) is 6.07 Å². The van der Waals surface area contributed by atoms with Crippen LogP contribution in [0.15, 0.2) is 22.8 Å². The lowest BCUT2D eigenvalue weighted by Gasteiger charge is -2.06. The summed E-state index contributed by atoms with van der Waals surface area (Å²) in [5.41, 5.74) is 0.804. The van der Waals surface area contributed by atoms with Crippen molar-refractivity contribution in [2.24, 2.45) is 0 Å². The van der Waals surface area contributed by atoms with E-state index in [9.17, 15) is 0 Å². The molecular formula is C8H10BrNO2. The van der Waals surface area contributed by atoms with Gasteiger partial charge in [0.05, 0.1) is 0 Å². The standard InChI is InChI=1S/C8H10BrNO2/c1-12-8(11)5-6-3-2-4-7(9)10-6/h2-4,8,11H,5H2,1H3. The molecule has 0 bridgehead atoms. The molecule has 0 saturated carbocycles. The number of halogens is 1. The summed E-state index contributed by atoms with van der Waals surface area (Å²) in [6, 6.07) is 5.55. The Morgan fingerprint density at radius 2 is 2.42 bits per heavy atom. The van der Waals surface area contributed by atoms with Crippen LogP contribution >= 0.6 is 15.9 Å². The molecule has 0 saturated heterocycles. The Morgan fingerprint density at radius 1 is 1.67 bits per heavy atom. The highest BCUT2D eigenvalue weighted by atomic mass is 79.9. The van der Waals surface area contributed by atoms with Crippen molar-refractivity contribution in [2.45, 2.75) is 12.7 Å². The minimum atomic E-state index is -0.771. The number of methoxy groups -OCH3 is 1. The minimum Gasteiger partial charge on any atom is -0.368 e. The molecule has 1 aromatic rings. The summed E-state index contributed by atoms with van der Waals surface area (Å²) in [6.45, 7) is 0. The fourth-order valence-corrected chi connectivity index (χ4v) is 1.21. The summed E-state index contributed by atoms with van der Waals surface area (Å²) in [5, 5.41) is 9.12. The van der Waals surface area contributed by atoms with Crippen molar-refractivity contribution >= 4 is 15.9 Å². The van der Waals surface area contributed by atoms with Gasteiger partial charge in [0.15, 0.2) is 6.29 Å². The first-order valence-electron chi connectivity index (χ1n) is 3.54. The number of ether oxygens (including phenoxy) is 1. The number of aromatic nitrogens is 1. The molecule has 0 aliphatic carbocycles. The number of hydrogen-bond acceptors (Lipinski definition) is 3. The predicted molar refractivity (Wildman–Crippen MR) is 48.7 cm³/mol. The summed E-state index contributed by atoms with van der Waals surface area (Å²) in [7, 11) is 1.46. The molecule has 0 aliphatic rings. The highest BCUT2D eigenvalue weighted by molar-refractivity contribution is 9.10. The van der Waals surface area contributed by atoms with Crippen LogP contribution in [0, 0.1) is 0 Å². The van der Waals surface area contributed by atoms with Crippen LogP contribution in [0.5, 0.6) is 0 Å². The molecular weight excluding hydrogens is 222 g/mol. The molecule has 4 heteroatoms. The largest absolute Gasteiger partial charge is 0.368 e. The first-order chi connectivity index (χ1) is 5.72. The number of rotatable bonds is 3. The van der Waals surface area contributed by atoms with E-state index in [0.29, 0.717) is 6.42 Å². The molecule has 0 radical (unpaired) electrons. The van der Waals surface area contributed by atoms with E-state index in [2.05, 4.69) is 20.9 Å². The van der Waals surface area contributed by atoms with E-state index < -0.39 is 6.29 Å². The Hall–Kier alpha value is -0.450. The molecule has 1 heterocycles. The van der Waals surface area contributed by atoms with Crippen LogP contribution in [0.2, 0.25) is 0 Å². The summed E-state index contributed by atoms with van der Waals surface area (Å²) in [6.07, 6.45) is -0.359. The average Bonchev–Trinajstić information content (AvgIpc) is 2.04. The van der Waals surface area contributed by atoms with Gasteiger partial charge < -0.3 is 9.84 Å². The van der Waals surface area contributed by atoms with E-state index in [1.165, 1.54) is 7.11 Å². The number of aliphatic hydroxyl groups is 1. The van der Waals surface area contributed by atoms with Gasteiger partial charge in [0.1, 0.15) is 4.60 Å². The lowest BCUT2D eigenvalue weighted by atomic mass is 10.3. The Kier molecular flexibility index (Phi) is 3.65. The Balaban J connectivity index is 2.63. The van der Waals surface area contributed by atoms with E-state index in [-0.39, 0.29) is 0 Å². The van der Waals surface area contributed by atoms with Crippen molar-refractivity contribution in [1.82, 2.24) is 4.98 Å². The molecule has 66 valence electrons. The van der Waals surface area contributed by atoms with Crippen LogP contribution < -0.4 is 0 Å². The van der Waals surface area contributed by atoms with Crippen LogP contribution in [-0.4, -0.2) is 23.5 Å². The third kappa shape index (κ3) is 2.89. The molecule has 0 spiro atoms. The van der Waals surface area contributed by atoms with Crippen LogP contribution in [0.3, 0.4) is 0 Å².